The summed E-state index contributed by atoms with van der Waals surface area (Å²) in [7, 11) is 1.65. The number of ether oxygens (including phenoxy) is 2. The SMILES string of the molecule is CN=C(NCCCOCC1CCOC1)NCCNC(=O)c1ccc(C(F)(F)F)cc1. The molecule has 7 nitrogen and oxygen atoms in total. The molecular weight excluding hydrogens is 401 g/mol. The van der Waals surface area contributed by atoms with E-state index in [-0.39, 0.29) is 5.56 Å². The molecule has 1 aromatic carbocycles. The largest absolute Gasteiger partial charge is 0.416 e. The van der Waals surface area contributed by atoms with Gasteiger partial charge in [0, 0.05) is 51.4 Å². The Hall–Kier alpha value is -2.33. The number of guanidine groups is 1. The summed E-state index contributed by atoms with van der Waals surface area (Å²) >= 11 is 0. The minimum absolute atomic E-state index is 0.176. The van der Waals surface area contributed by atoms with Crippen LogP contribution in [0.25, 0.3) is 0 Å². The molecule has 1 atom stereocenters. The molecule has 0 bridgehead atoms. The summed E-state index contributed by atoms with van der Waals surface area (Å²) in [5.41, 5.74) is -0.608. The van der Waals surface area contributed by atoms with Crippen molar-refractivity contribution in [3.63, 3.8) is 0 Å². The number of carbonyl (C=O) groups excluding carboxylic acids is 1. The van der Waals surface area contributed by atoms with Crippen LogP contribution in [0, 0.1) is 5.92 Å². The van der Waals surface area contributed by atoms with E-state index in [1.807, 2.05) is 0 Å². The summed E-state index contributed by atoms with van der Waals surface area (Å²) in [6.45, 7) is 4.40. The van der Waals surface area contributed by atoms with E-state index in [0.29, 0.717) is 38.1 Å². The first-order valence-electron chi connectivity index (χ1n) is 9.95. The molecule has 10 heteroatoms. The summed E-state index contributed by atoms with van der Waals surface area (Å²) in [6, 6.07) is 4.11. The van der Waals surface area contributed by atoms with E-state index in [0.717, 1.165) is 56.9 Å². The molecule has 1 aliphatic rings. The zero-order chi connectivity index (χ0) is 21.8. The second kappa shape index (κ2) is 12.4. The number of rotatable bonds is 10. The number of aliphatic imine (C=N–C) groups is 1. The van der Waals surface area contributed by atoms with Gasteiger partial charge in [0.1, 0.15) is 0 Å². The molecule has 2 rings (SSSR count). The van der Waals surface area contributed by atoms with Crippen LogP contribution in [0.5, 0.6) is 0 Å². The molecule has 0 aromatic heterocycles. The van der Waals surface area contributed by atoms with E-state index in [4.69, 9.17) is 9.47 Å². The van der Waals surface area contributed by atoms with E-state index in [1.54, 1.807) is 7.05 Å². The van der Waals surface area contributed by atoms with Crippen LogP contribution in [0.2, 0.25) is 0 Å². The molecule has 1 heterocycles. The first-order valence-corrected chi connectivity index (χ1v) is 9.95. The molecule has 0 aliphatic carbocycles. The molecule has 168 valence electrons. The topological polar surface area (TPSA) is 84.0 Å². The van der Waals surface area contributed by atoms with Crippen LogP contribution in [0.15, 0.2) is 29.3 Å². The number of carbonyl (C=O) groups is 1. The Balaban J connectivity index is 1.55. The zero-order valence-electron chi connectivity index (χ0n) is 17.1. The monoisotopic (exact) mass is 430 g/mol. The van der Waals surface area contributed by atoms with Crippen molar-refractivity contribution >= 4 is 11.9 Å². The molecule has 0 radical (unpaired) electrons. The van der Waals surface area contributed by atoms with Gasteiger partial charge < -0.3 is 25.4 Å². The third kappa shape index (κ3) is 8.58. The number of alkyl halides is 3. The van der Waals surface area contributed by atoms with Crippen LogP contribution in [-0.2, 0) is 15.7 Å². The lowest BCUT2D eigenvalue weighted by Gasteiger charge is -2.13. The summed E-state index contributed by atoms with van der Waals surface area (Å²) in [6.07, 6.45) is -2.53. The van der Waals surface area contributed by atoms with E-state index >= 15 is 0 Å². The second-order valence-electron chi connectivity index (χ2n) is 6.91. The van der Waals surface area contributed by atoms with Crippen LogP contribution in [0.3, 0.4) is 0 Å². The quantitative estimate of drug-likeness (QED) is 0.301. The molecule has 0 spiro atoms. The van der Waals surface area contributed by atoms with Crippen LogP contribution < -0.4 is 16.0 Å². The maximum absolute atomic E-state index is 12.6. The standard InChI is InChI=1S/C20H29F3N4O3/c1-24-19(26-8-2-11-29-13-15-7-12-30-14-15)27-10-9-25-18(28)16-3-5-17(6-4-16)20(21,22)23/h3-6,15H,2,7-14H2,1H3,(H,25,28)(H2,24,26,27). The van der Waals surface area contributed by atoms with Crippen LogP contribution >= 0.6 is 0 Å². The molecule has 0 saturated carbocycles. The van der Waals surface area contributed by atoms with Gasteiger partial charge >= 0.3 is 6.18 Å². The number of halogens is 3. The molecular formula is C20H29F3N4O3. The highest BCUT2D eigenvalue weighted by Crippen LogP contribution is 2.29. The predicted octanol–water partition coefficient (Wildman–Crippen LogP) is 2.04. The van der Waals surface area contributed by atoms with Crippen molar-refractivity contribution < 1.29 is 27.4 Å². The van der Waals surface area contributed by atoms with Crippen molar-refractivity contribution in [2.75, 3.05) is 53.1 Å². The Kier molecular flexibility index (Phi) is 9.88. The van der Waals surface area contributed by atoms with E-state index in [1.165, 1.54) is 0 Å². The molecule has 1 unspecified atom stereocenters. The molecule has 1 aromatic rings. The minimum Gasteiger partial charge on any atom is -0.381 e. The lowest BCUT2D eigenvalue weighted by Crippen LogP contribution is -2.42. The van der Waals surface area contributed by atoms with Crippen molar-refractivity contribution in [1.82, 2.24) is 16.0 Å². The fourth-order valence-electron chi connectivity index (χ4n) is 2.84. The minimum atomic E-state index is -4.42. The Bertz CT molecular complexity index is 675. The maximum atomic E-state index is 12.6. The van der Waals surface area contributed by atoms with Crippen LogP contribution in [0.1, 0.15) is 28.8 Å². The second-order valence-corrected chi connectivity index (χ2v) is 6.91. The first kappa shape index (κ1) is 23.9. The smallest absolute Gasteiger partial charge is 0.381 e. The summed E-state index contributed by atoms with van der Waals surface area (Å²) < 4.78 is 48.6. The van der Waals surface area contributed by atoms with Gasteiger partial charge in [-0.3, -0.25) is 9.79 Å². The van der Waals surface area contributed by atoms with Crippen molar-refractivity contribution in [2.45, 2.75) is 19.0 Å². The molecule has 1 fully saturated rings. The first-order chi connectivity index (χ1) is 14.4. The molecule has 30 heavy (non-hydrogen) atoms. The molecule has 1 aliphatic heterocycles. The van der Waals surface area contributed by atoms with Gasteiger partial charge in [-0.1, -0.05) is 0 Å². The number of amides is 1. The van der Waals surface area contributed by atoms with Gasteiger partial charge in [-0.05, 0) is 37.1 Å². The normalized spacial score (nSPS) is 17.1. The molecule has 1 saturated heterocycles. The van der Waals surface area contributed by atoms with Gasteiger partial charge in [0.15, 0.2) is 5.96 Å². The fraction of sp³-hybridized carbons (Fsp3) is 0.600. The average Bonchev–Trinajstić information content (AvgIpc) is 3.24. The lowest BCUT2D eigenvalue weighted by atomic mass is 10.1. The van der Waals surface area contributed by atoms with E-state index in [9.17, 15) is 18.0 Å². The Labute approximate surface area is 174 Å². The fourth-order valence-corrected chi connectivity index (χ4v) is 2.84. The third-order valence-electron chi connectivity index (χ3n) is 4.54. The zero-order valence-corrected chi connectivity index (χ0v) is 17.1. The molecule has 1 amide bonds. The van der Waals surface area contributed by atoms with Crippen molar-refractivity contribution in [2.24, 2.45) is 10.9 Å². The van der Waals surface area contributed by atoms with Crippen molar-refractivity contribution in [1.29, 1.82) is 0 Å². The van der Waals surface area contributed by atoms with Gasteiger partial charge in [-0.25, -0.2) is 0 Å². The number of nitrogens with zero attached hydrogens (tertiary/aromatic N) is 1. The van der Waals surface area contributed by atoms with Crippen LogP contribution in [0.4, 0.5) is 13.2 Å². The highest BCUT2D eigenvalue weighted by Gasteiger charge is 2.30. The summed E-state index contributed by atoms with van der Waals surface area (Å²) in [4.78, 5) is 16.1. The predicted molar refractivity (Wildman–Crippen MR) is 108 cm³/mol. The van der Waals surface area contributed by atoms with Crippen molar-refractivity contribution in [3.8, 4) is 0 Å². The maximum Gasteiger partial charge on any atom is 0.416 e. The van der Waals surface area contributed by atoms with Gasteiger partial charge in [0.25, 0.3) is 5.91 Å². The lowest BCUT2D eigenvalue weighted by molar-refractivity contribution is -0.137. The van der Waals surface area contributed by atoms with E-state index < -0.39 is 17.6 Å². The molecule has 3 N–H and O–H groups in total. The Morgan fingerprint density at radius 2 is 1.87 bits per heavy atom. The van der Waals surface area contributed by atoms with Gasteiger partial charge in [0.05, 0.1) is 18.8 Å². The Morgan fingerprint density at radius 3 is 2.50 bits per heavy atom. The summed E-state index contributed by atoms with van der Waals surface area (Å²) in [5, 5.41) is 8.86. The van der Waals surface area contributed by atoms with E-state index in [2.05, 4.69) is 20.9 Å². The number of hydrogen-bond acceptors (Lipinski definition) is 4. The van der Waals surface area contributed by atoms with Gasteiger partial charge in [-0.15, -0.1) is 0 Å². The third-order valence-corrected chi connectivity index (χ3v) is 4.54. The summed E-state index contributed by atoms with van der Waals surface area (Å²) in [5.74, 6) is 0.673. The highest BCUT2D eigenvalue weighted by molar-refractivity contribution is 5.94. The van der Waals surface area contributed by atoms with Gasteiger partial charge in [0.2, 0.25) is 0 Å². The number of nitrogens with one attached hydrogen (secondary N) is 3. The average molecular weight is 430 g/mol. The highest BCUT2D eigenvalue weighted by atomic mass is 19.4. The van der Waals surface area contributed by atoms with Crippen LogP contribution in [-0.4, -0.2) is 65.0 Å². The van der Waals surface area contributed by atoms with Gasteiger partial charge in [-0.2, -0.15) is 13.2 Å². The Morgan fingerprint density at radius 1 is 1.17 bits per heavy atom. The number of hydrogen-bond donors (Lipinski definition) is 3. The van der Waals surface area contributed by atoms with Crippen molar-refractivity contribution in [3.05, 3.63) is 35.4 Å². The number of benzene rings is 1.